The molecule has 0 spiro atoms. The van der Waals surface area contributed by atoms with Crippen LogP contribution in [0.1, 0.15) is 18.7 Å². The molecule has 2 rings (SSSR count). The van der Waals surface area contributed by atoms with Crippen molar-refractivity contribution in [2.45, 2.75) is 24.9 Å². The van der Waals surface area contributed by atoms with E-state index >= 15 is 0 Å². The summed E-state index contributed by atoms with van der Waals surface area (Å²) in [6.45, 7) is 0.260. The van der Waals surface area contributed by atoms with E-state index in [0.29, 0.717) is 18.2 Å². The highest BCUT2D eigenvalue weighted by atomic mass is 16.3. The lowest BCUT2D eigenvalue weighted by molar-refractivity contribution is 0.0247. The monoisotopic (exact) mass is 197 g/mol. The lowest BCUT2D eigenvalue weighted by Gasteiger charge is -2.24. The molecule has 0 radical (unpaired) electrons. The maximum atomic E-state index is 10.2. The minimum Gasteiger partial charge on any atom is -0.388 e. The summed E-state index contributed by atoms with van der Waals surface area (Å²) >= 11 is 0. The highest BCUT2D eigenvalue weighted by Crippen LogP contribution is 2.40. The first-order chi connectivity index (χ1) is 6.64. The average Bonchev–Trinajstić information content (AvgIpc) is 2.93. The molecule has 6 nitrogen and oxygen atoms in total. The van der Waals surface area contributed by atoms with Crippen LogP contribution in [0.3, 0.4) is 0 Å². The predicted octanol–water partition coefficient (Wildman–Crippen LogP) is -1.15. The normalized spacial score (nSPS) is 20.8. The van der Waals surface area contributed by atoms with Crippen LogP contribution >= 0.6 is 0 Å². The first-order valence-corrected chi connectivity index (χ1v) is 4.79. The van der Waals surface area contributed by atoms with Crippen molar-refractivity contribution < 1.29 is 5.11 Å². The molecule has 1 aliphatic rings. The van der Waals surface area contributed by atoms with Gasteiger partial charge in [-0.25, -0.2) is 0 Å². The van der Waals surface area contributed by atoms with Crippen molar-refractivity contribution in [1.82, 2.24) is 20.2 Å². The molecular formula is C8H15N5O. The first kappa shape index (κ1) is 9.54. The molecule has 0 aliphatic heterocycles. The van der Waals surface area contributed by atoms with Gasteiger partial charge in [-0.05, 0) is 24.0 Å². The van der Waals surface area contributed by atoms with Crippen LogP contribution < -0.4 is 5.73 Å². The maximum Gasteiger partial charge on any atom is 0.177 e. The molecule has 0 aromatic carbocycles. The summed E-state index contributed by atoms with van der Waals surface area (Å²) in [4.78, 5) is 1.39. The van der Waals surface area contributed by atoms with E-state index < -0.39 is 5.60 Å². The summed E-state index contributed by atoms with van der Waals surface area (Å²) in [6, 6.07) is 0. The van der Waals surface area contributed by atoms with E-state index in [1.54, 1.807) is 7.05 Å². The molecule has 1 heterocycles. The van der Waals surface area contributed by atoms with Gasteiger partial charge < -0.3 is 10.8 Å². The number of aromatic nitrogens is 4. The van der Waals surface area contributed by atoms with E-state index in [4.69, 9.17) is 5.73 Å². The van der Waals surface area contributed by atoms with E-state index in [9.17, 15) is 5.11 Å². The minimum atomic E-state index is -0.830. The van der Waals surface area contributed by atoms with E-state index in [2.05, 4.69) is 15.4 Å². The van der Waals surface area contributed by atoms with Crippen LogP contribution in [0.15, 0.2) is 0 Å². The summed E-state index contributed by atoms with van der Waals surface area (Å²) in [7, 11) is 1.70. The van der Waals surface area contributed by atoms with Crippen LogP contribution in [-0.2, 0) is 13.5 Å². The molecule has 1 saturated carbocycles. The molecule has 1 aromatic heterocycles. The van der Waals surface area contributed by atoms with Crippen LogP contribution in [-0.4, -0.2) is 37.5 Å². The van der Waals surface area contributed by atoms with Crippen LogP contribution in [0.25, 0.3) is 0 Å². The van der Waals surface area contributed by atoms with E-state index in [-0.39, 0.29) is 6.54 Å². The third-order valence-electron chi connectivity index (χ3n) is 2.70. The Balaban J connectivity index is 2.07. The zero-order chi connectivity index (χ0) is 10.2. The van der Waals surface area contributed by atoms with Crippen molar-refractivity contribution in [2.24, 2.45) is 18.7 Å². The van der Waals surface area contributed by atoms with Crippen molar-refractivity contribution in [3.8, 4) is 0 Å². The lowest BCUT2D eigenvalue weighted by Crippen LogP contribution is -2.42. The molecule has 0 saturated heterocycles. The molecule has 0 amide bonds. The molecule has 0 bridgehead atoms. The molecule has 1 unspecified atom stereocenters. The van der Waals surface area contributed by atoms with Crippen LogP contribution in [0.2, 0.25) is 0 Å². The van der Waals surface area contributed by atoms with Crippen molar-refractivity contribution in [3.05, 3.63) is 5.82 Å². The number of hydrogen-bond donors (Lipinski definition) is 2. The third kappa shape index (κ3) is 1.76. The van der Waals surface area contributed by atoms with Crippen LogP contribution in [0, 0.1) is 5.92 Å². The molecule has 1 aliphatic carbocycles. The van der Waals surface area contributed by atoms with E-state index in [0.717, 1.165) is 12.8 Å². The predicted molar refractivity (Wildman–Crippen MR) is 49.2 cm³/mol. The number of nitrogens with zero attached hydrogens (tertiary/aromatic N) is 4. The zero-order valence-corrected chi connectivity index (χ0v) is 8.22. The number of aliphatic hydroxyl groups is 1. The smallest absolute Gasteiger partial charge is 0.177 e. The Morgan fingerprint density at radius 2 is 2.36 bits per heavy atom. The molecule has 1 fully saturated rings. The standard InChI is InChI=1S/C8H15N5O/c1-13-11-7(10-12-13)4-8(14,5-9)6-2-3-6/h6,14H,2-5,9H2,1H3. The number of aryl methyl sites for hydroxylation is 1. The van der Waals surface area contributed by atoms with E-state index in [1.807, 2.05) is 0 Å². The van der Waals surface area contributed by atoms with Gasteiger partial charge in [0.1, 0.15) is 0 Å². The quantitative estimate of drug-likeness (QED) is 0.636. The molecule has 1 atom stereocenters. The number of hydrogen-bond acceptors (Lipinski definition) is 5. The van der Waals surface area contributed by atoms with Crippen molar-refractivity contribution >= 4 is 0 Å². The maximum absolute atomic E-state index is 10.2. The van der Waals surface area contributed by atoms with Gasteiger partial charge in [0.05, 0.1) is 12.6 Å². The van der Waals surface area contributed by atoms with Crippen molar-refractivity contribution in [2.75, 3.05) is 6.54 Å². The Labute approximate surface area is 82.1 Å². The van der Waals surface area contributed by atoms with Gasteiger partial charge in [0.25, 0.3) is 0 Å². The summed E-state index contributed by atoms with van der Waals surface area (Å²) in [5.41, 5.74) is 4.74. The van der Waals surface area contributed by atoms with E-state index in [1.165, 1.54) is 4.80 Å². The largest absolute Gasteiger partial charge is 0.388 e. The van der Waals surface area contributed by atoms with Gasteiger partial charge in [0, 0.05) is 13.0 Å². The molecule has 78 valence electrons. The van der Waals surface area contributed by atoms with Gasteiger partial charge >= 0.3 is 0 Å². The first-order valence-electron chi connectivity index (χ1n) is 4.79. The summed E-state index contributed by atoms with van der Waals surface area (Å²) in [5.74, 6) is 0.878. The Hall–Kier alpha value is -1.01. The summed E-state index contributed by atoms with van der Waals surface area (Å²) in [5, 5.41) is 21.8. The SMILES string of the molecule is Cn1nnc(CC(O)(CN)C2CC2)n1. The highest BCUT2D eigenvalue weighted by molar-refractivity contribution is 5.01. The third-order valence-corrected chi connectivity index (χ3v) is 2.70. The van der Waals surface area contributed by atoms with Crippen molar-refractivity contribution in [1.29, 1.82) is 0 Å². The fourth-order valence-corrected chi connectivity index (χ4v) is 1.67. The molecular weight excluding hydrogens is 182 g/mol. The molecule has 14 heavy (non-hydrogen) atoms. The number of rotatable bonds is 4. The second-order valence-electron chi connectivity index (χ2n) is 3.95. The van der Waals surface area contributed by atoms with Crippen LogP contribution in [0.5, 0.6) is 0 Å². The highest BCUT2D eigenvalue weighted by Gasteiger charge is 2.43. The Kier molecular flexibility index (Phi) is 2.24. The van der Waals surface area contributed by atoms with Gasteiger partial charge in [-0.15, -0.1) is 10.2 Å². The fraction of sp³-hybridized carbons (Fsp3) is 0.875. The molecule has 3 N–H and O–H groups in total. The number of nitrogens with two attached hydrogens (primary N) is 1. The van der Waals surface area contributed by atoms with Gasteiger partial charge in [-0.2, -0.15) is 4.80 Å². The summed E-state index contributed by atoms with van der Waals surface area (Å²) in [6.07, 6.45) is 2.50. The average molecular weight is 197 g/mol. The Bertz CT molecular complexity index is 321. The topological polar surface area (TPSA) is 89.8 Å². The van der Waals surface area contributed by atoms with Gasteiger partial charge in [0.2, 0.25) is 0 Å². The second kappa shape index (κ2) is 3.29. The van der Waals surface area contributed by atoms with Gasteiger partial charge in [0.15, 0.2) is 5.82 Å². The number of tetrazole rings is 1. The zero-order valence-electron chi connectivity index (χ0n) is 8.22. The minimum absolute atomic E-state index is 0.260. The molecule has 1 aromatic rings. The van der Waals surface area contributed by atoms with Crippen LogP contribution in [0.4, 0.5) is 0 Å². The van der Waals surface area contributed by atoms with Gasteiger partial charge in [-0.1, -0.05) is 0 Å². The second-order valence-corrected chi connectivity index (χ2v) is 3.95. The Morgan fingerprint density at radius 1 is 1.64 bits per heavy atom. The Morgan fingerprint density at radius 3 is 2.79 bits per heavy atom. The fourth-order valence-electron chi connectivity index (χ4n) is 1.67. The summed E-state index contributed by atoms with van der Waals surface area (Å²) < 4.78 is 0. The van der Waals surface area contributed by atoms with Gasteiger partial charge in [-0.3, -0.25) is 0 Å². The lowest BCUT2D eigenvalue weighted by atomic mass is 9.93. The van der Waals surface area contributed by atoms with Crippen molar-refractivity contribution in [3.63, 3.8) is 0 Å². The molecule has 6 heteroatoms.